The van der Waals surface area contributed by atoms with Crippen LogP contribution in [-0.4, -0.2) is 23.2 Å². The molecule has 1 saturated heterocycles. The molecule has 2 rings (SSSR count). The summed E-state index contributed by atoms with van der Waals surface area (Å²) in [6.45, 7) is 2.58. The van der Waals surface area contributed by atoms with E-state index in [1.54, 1.807) is 12.1 Å². The quantitative estimate of drug-likeness (QED) is 0.886. The van der Waals surface area contributed by atoms with Gasteiger partial charge in [0.1, 0.15) is 11.6 Å². The third-order valence-corrected chi connectivity index (χ3v) is 3.79. The second kappa shape index (κ2) is 4.69. The van der Waals surface area contributed by atoms with Crippen molar-refractivity contribution < 1.29 is 9.90 Å². The van der Waals surface area contributed by atoms with E-state index in [-0.39, 0.29) is 0 Å². The number of hydrogen-bond acceptors (Lipinski definition) is 3. The number of carboxylic acid groups (broad SMARTS) is 1. The van der Waals surface area contributed by atoms with Crippen LogP contribution in [0.2, 0.25) is 0 Å². The van der Waals surface area contributed by atoms with Crippen molar-refractivity contribution in [3.63, 3.8) is 0 Å². The lowest BCUT2D eigenvalue weighted by Gasteiger charge is -2.36. The van der Waals surface area contributed by atoms with Crippen molar-refractivity contribution in [2.24, 2.45) is 0 Å². The molecule has 1 unspecified atom stereocenters. The van der Waals surface area contributed by atoms with Gasteiger partial charge >= 0.3 is 5.97 Å². The van der Waals surface area contributed by atoms with Crippen LogP contribution in [0.5, 0.6) is 0 Å². The summed E-state index contributed by atoms with van der Waals surface area (Å²) >= 11 is 0. The number of rotatable bonds is 3. The highest BCUT2D eigenvalue weighted by atomic mass is 16.4. The summed E-state index contributed by atoms with van der Waals surface area (Å²) in [5.74, 6) is -0.796. The molecular formula is C14H16N2O2. The molecule has 1 aliphatic heterocycles. The van der Waals surface area contributed by atoms with Gasteiger partial charge in [-0.3, -0.25) is 0 Å². The molecule has 1 N–H and O–H groups in total. The molecule has 1 heterocycles. The molecule has 1 atom stereocenters. The molecule has 94 valence electrons. The van der Waals surface area contributed by atoms with Crippen molar-refractivity contribution in [2.75, 3.05) is 11.4 Å². The van der Waals surface area contributed by atoms with E-state index in [2.05, 4.69) is 6.07 Å². The van der Waals surface area contributed by atoms with Crippen molar-refractivity contribution in [3.8, 4) is 6.07 Å². The minimum absolute atomic E-state index is 0.540. The maximum Gasteiger partial charge on any atom is 0.329 e. The molecule has 0 spiro atoms. The second-order valence-electron chi connectivity index (χ2n) is 4.57. The molecule has 0 bridgehead atoms. The van der Waals surface area contributed by atoms with Gasteiger partial charge in [0.15, 0.2) is 0 Å². The van der Waals surface area contributed by atoms with Gasteiger partial charge in [0, 0.05) is 6.54 Å². The van der Waals surface area contributed by atoms with E-state index in [1.165, 1.54) is 0 Å². The monoisotopic (exact) mass is 244 g/mol. The smallest absolute Gasteiger partial charge is 0.329 e. The molecule has 1 aliphatic rings. The van der Waals surface area contributed by atoms with E-state index in [9.17, 15) is 9.90 Å². The molecule has 4 heteroatoms. The number of carbonyl (C=O) groups is 1. The van der Waals surface area contributed by atoms with Gasteiger partial charge in [-0.25, -0.2) is 4.79 Å². The van der Waals surface area contributed by atoms with Gasteiger partial charge in [-0.15, -0.1) is 0 Å². The summed E-state index contributed by atoms with van der Waals surface area (Å²) in [7, 11) is 0. The van der Waals surface area contributed by atoms with E-state index in [0.29, 0.717) is 24.9 Å². The molecule has 18 heavy (non-hydrogen) atoms. The minimum Gasteiger partial charge on any atom is -0.479 e. The lowest BCUT2D eigenvalue weighted by atomic mass is 9.92. The lowest BCUT2D eigenvalue weighted by Crippen LogP contribution is -2.50. The average Bonchev–Trinajstić information content (AvgIpc) is 2.83. The Labute approximate surface area is 106 Å². The predicted octanol–water partition coefficient (Wildman–Crippen LogP) is 2.39. The normalized spacial score (nSPS) is 22.8. The van der Waals surface area contributed by atoms with Crippen molar-refractivity contribution in [3.05, 3.63) is 29.8 Å². The Kier molecular flexibility index (Phi) is 3.24. The lowest BCUT2D eigenvalue weighted by molar-refractivity contribution is -0.143. The SMILES string of the molecule is CCC1(C(=O)O)CCCN1c1ccccc1C#N. The maximum atomic E-state index is 11.6. The Morgan fingerprint density at radius 1 is 1.56 bits per heavy atom. The first-order valence-corrected chi connectivity index (χ1v) is 6.16. The summed E-state index contributed by atoms with van der Waals surface area (Å²) in [6.07, 6.45) is 2.03. The van der Waals surface area contributed by atoms with Crippen LogP contribution >= 0.6 is 0 Å². The summed E-state index contributed by atoms with van der Waals surface area (Å²) in [5, 5.41) is 18.7. The first-order valence-electron chi connectivity index (χ1n) is 6.16. The van der Waals surface area contributed by atoms with E-state index in [0.717, 1.165) is 12.1 Å². The van der Waals surface area contributed by atoms with Gasteiger partial charge in [-0.1, -0.05) is 19.1 Å². The van der Waals surface area contributed by atoms with Crippen molar-refractivity contribution >= 4 is 11.7 Å². The van der Waals surface area contributed by atoms with Crippen molar-refractivity contribution in [1.29, 1.82) is 5.26 Å². The highest BCUT2D eigenvalue weighted by molar-refractivity contribution is 5.85. The molecule has 0 radical (unpaired) electrons. The van der Waals surface area contributed by atoms with Crippen molar-refractivity contribution in [2.45, 2.75) is 31.7 Å². The predicted molar refractivity (Wildman–Crippen MR) is 68.4 cm³/mol. The molecule has 0 aromatic heterocycles. The Hall–Kier alpha value is -2.02. The third kappa shape index (κ3) is 1.72. The fraction of sp³-hybridized carbons (Fsp3) is 0.429. The number of aliphatic carboxylic acids is 1. The van der Waals surface area contributed by atoms with Crippen LogP contribution in [-0.2, 0) is 4.79 Å². The number of para-hydroxylation sites is 1. The number of carboxylic acids is 1. The van der Waals surface area contributed by atoms with Gasteiger partial charge < -0.3 is 10.0 Å². The van der Waals surface area contributed by atoms with E-state index in [4.69, 9.17) is 5.26 Å². The minimum atomic E-state index is -0.854. The fourth-order valence-electron chi connectivity index (χ4n) is 2.77. The maximum absolute atomic E-state index is 11.6. The third-order valence-electron chi connectivity index (χ3n) is 3.79. The number of nitrogens with zero attached hydrogens (tertiary/aromatic N) is 2. The molecular weight excluding hydrogens is 228 g/mol. The summed E-state index contributed by atoms with van der Waals surface area (Å²) in [5.41, 5.74) is 0.424. The van der Waals surface area contributed by atoms with Crippen LogP contribution < -0.4 is 4.90 Å². The largest absolute Gasteiger partial charge is 0.479 e. The van der Waals surface area contributed by atoms with E-state index in [1.807, 2.05) is 24.0 Å². The first-order chi connectivity index (χ1) is 8.65. The summed E-state index contributed by atoms with van der Waals surface area (Å²) in [6, 6.07) is 9.34. The van der Waals surface area contributed by atoms with Crippen LogP contribution in [0, 0.1) is 11.3 Å². The Balaban J connectivity index is 2.50. The van der Waals surface area contributed by atoms with Crippen molar-refractivity contribution in [1.82, 2.24) is 0 Å². The van der Waals surface area contributed by atoms with Gasteiger partial charge in [0.25, 0.3) is 0 Å². The number of hydrogen-bond donors (Lipinski definition) is 1. The topological polar surface area (TPSA) is 64.3 Å². The summed E-state index contributed by atoms with van der Waals surface area (Å²) < 4.78 is 0. The Morgan fingerprint density at radius 3 is 2.89 bits per heavy atom. The molecule has 0 amide bonds. The van der Waals surface area contributed by atoms with Gasteiger partial charge in [-0.2, -0.15) is 5.26 Å². The van der Waals surface area contributed by atoms with Gasteiger partial charge in [0.05, 0.1) is 11.3 Å². The highest BCUT2D eigenvalue weighted by Gasteiger charge is 2.46. The Morgan fingerprint density at radius 2 is 2.28 bits per heavy atom. The molecule has 1 aromatic carbocycles. The van der Waals surface area contributed by atoms with E-state index >= 15 is 0 Å². The van der Waals surface area contributed by atoms with E-state index < -0.39 is 11.5 Å². The number of benzene rings is 1. The second-order valence-corrected chi connectivity index (χ2v) is 4.57. The zero-order chi connectivity index (χ0) is 13.2. The number of nitriles is 1. The van der Waals surface area contributed by atoms with Crippen LogP contribution in [0.1, 0.15) is 31.7 Å². The zero-order valence-electron chi connectivity index (χ0n) is 10.4. The molecule has 4 nitrogen and oxygen atoms in total. The van der Waals surface area contributed by atoms with Crippen LogP contribution in [0.25, 0.3) is 0 Å². The molecule has 1 fully saturated rings. The molecule has 0 saturated carbocycles. The first kappa shape index (κ1) is 12.4. The highest BCUT2D eigenvalue weighted by Crippen LogP contribution is 2.38. The average molecular weight is 244 g/mol. The molecule has 1 aromatic rings. The van der Waals surface area contributed by atoms with Crippen LogP contribution in [0.3, 0.4) is 0 Å². The number of anilines is 1. The van der Waals surface area contributed by atoms with Crippen LogP contribution in [0.4, 0.5) is 5.69 Å². The van der Waals surface area contributed by atoms with Gasteiger partial charge in [-0.05, 0) is 31.4 Å². The zero-order valence-corrected chi connectivity index (χ0v) is 10.4. The summed E-state index contributed by atoms with van der Waals surface area (Å²) in [4.78, 5) is 13.5. The standard InChI is InChI=1S/C14H16N2O2/c1-2-14(13(17)18)8-5-9-16(14)12-7-4-3-6-11(12)10-15/h3-4,6-7H,2,5,8-9H2,1H3,(H,17,18). The molecule has 0 aliphatic carbocycles. The fourth-order valence-corrected chi connectivity index (χ4v) is 2.77. The van der Waals surface area contributed by atoms with Crippen LogP contribution in [0.15, 0.2) is 24.3 Å². The Bertz CT molecular complexity index is 507. The van der Waals surface area contributed by atoms with Gasteiger partial charge in [0.2, 0.25) is 0 Å².